The number of benzene rings is 1. The number of aryl methyl sites for hydroxylation is 1. The summed E-state index contributed by atoms with van der Waals surface area (Å²) in [5.74, 6) is 1.17. The van der Waals surface area contributed by atoms with Crippen molar-refractivity contribution in [1.82, 2.24) is 10.3 Å². The molecule has 1 fully saturated rings. The van der Waals surface area contributed by atoms with Gasteiger partial charge in [-0.15, -0.1) is 36.2 Å². The molecule has 1 aromatic heterocycles. The second-order valence-corrected chi connectivity index (χ2v) is 7.50. The fourth-order valence-corrected chi connectivity index (χ4v) is 3.40. The average molecular weight is 439 g/mol. The van der Waals surface area contributed by atoms with Gasteiger partial charge in [-0.1, -0.05) is 11.6 Å². The molecule has 1 aromatic carbocycles. The molecule has 1 atom stereocenters. The molecule has 0 saturated heterocycles. The first-order valence-electron chi connectivity index (χ1n) is 7.91. The number of thiazole rings is 1. The van der Waals surface area contributed by atoms with Crippen LogP contribution in [0, 0.1) is 12.8 Å². The Bertz CT molecular complexity index is 721. The number of carbonyl (C=O) groups is 1. The monoisotopic (exact) mass is 437 g/mol. The molecule has 1 unspecified atom stereocenters. The summed E-state index contributed by atoms with van der Waals surface area (Å²) in [5.41, 5.74) is 6.73. The normalized spacial score (nSPS) is 14.0. The SMILES string of the molecule is Cc1nc(COc2ccc(Cl)cc2)sc1C(=O)NCC(N)C1CC1.Cl.Cl. The molecular weight excluding hydrogens is 417 g/mol. The number of aromatic nitrogens is 1. The van der Waals surface area contributed by atoms with Crippen molar-refractivity contribution in [3.05, 3.63) is 44.9 Å². The molecule has 0 aliphatic heterocycles. The fourth-order valence-electron chi connectivity index (χ4n) is 2.38. The summed E-state index contributed by atoms with van der Waals surface area (Å²) in [5, 5.41) is 4.33. The van der Waals surface area contributed by atoms with Crippen molar-refractivity contribution >= 4 is 53.7 Å². The Hall–Kier alpha value is -1.05. The van der Waals surface area contributed by atoms with Crippen LogP contribution < -0.4 is 15.8 Å². The minimum Gasteiger partial charge on any atom is -0.486 e. The first-order valence-corrected chi connectivity index (χ1v) is 9.11. The number of nitrogens with zero attached hydrogens (tertiary/aromatic N) is 1. The van der Waals surface area contributed by atoms with Crippen LogP contribution in [-0.2, 0) is 6.61 Å². The van der Waals surface area contributed by atoms with E-state index in [1.807, 2.05) is 6.92 Å². The van der Waals surface area contributed by atoms with E-state index in [-0.39, 0.29) is 36.8 Å². The lowest BCUT2D eigenvalue weighted by Gasteiger charge is -2.10. The van der Waals surface area contributed by atoms with E-state index in [0.717, 1.165) is 5.01 Å². The van der Waals surface area contributed by atoms with Crippen molar-refractivity contribution in [3.8, 4) is 5.75 Å². The van der Waals surface area contributed by atoms with Gasteiger partial charge in [0.05, 0.1) is 5.69 Å². The first-order chi connectivity index (χ1) is 11.5. The summed E-state index contributed by atoms with van der Waals surface area (Å²) in [7, 11) is 0. The third-order valence-corrected chi connectivity index (χ3v) is 5.33. The Kier molecular flexibility index (Phi) is 9.13. The molecule has 144 valence electrons. The van der Waals surface area contributed by atoms with Crippen LogP contribution in [0.3, 0.4) is 0 Å². The second kappa shape index (κ2) is 10.3. The molecule has 1 aliphatic rings. The minimum absolute atomic E-state index is 0. The number of hydrogen-bond acceptors (Lipinski definition) is 5. The van der Waals surface area contributed by atoms with E-state index in [2.05, 4.69) is 10.3 Å². The number of hydrogen-bond donors (Lipinski definition) is 2. The van der Waals surface area contributed by atoms with E-state index < -0.39 is 0 Å². The third-order valence-electron chi connectivity index (χ3n) is 3.95. The van der Waals surface area contributed by atoms with Gasteiger partial charge >= 0.3 is 0 Å². The van der Waals surface area contributed by atoms with Crippen molar-refractivity contribution in [2.24, 2.45) is 11.7 Å². The fraction of sp³-hybridized carbons (Fsp3) is 0.412. The summed E-state index contributed by atoms with van der Waals surface area (Å²) < 4.78 is 5.67. The lowest BCUT2D eigenvalue weighted by molar-refractivity contribution is 0.0953. The highest BCUT2D eigenvalue weighted by Crippen LogP contribution is 2.31. The van der Waals surface area contributed by atoms with E-state index >= 15 is 0 Å². The molecular formula is C17H22Cl3N3O2S. The van der Waals surface area contributed by atoms with Gasteiger partial charge in [-0.05, 0) is 49.9 Å². The molecule has 2 aromatic rings. The summed E-state index contributed by atoms with van der Waals surface area (Å²) in [6.45, 7) is 2.66. The lowest BCUT2D eigenvalue weighted by atomic mass is 10.2. The van der Waals surface area contributed by atoms with Crippen molar-refractivity contribution in [3.63, 3.8) is 0 Å². The highest BCUT2D eigenvalue weighted by Gasteiger charge is 2.28. The molecule has 5 nitrogen and oxygen atoms in total. The molecule has 1 amide bonds. The molecule has 9 heteroatoms. The van der Waals surface area contributed by atoms with Gasteiger partial charge in [-0.3, -0.25) is 4.79 Å². The Balaban J connectivity index is 0.00000169. The Morgan fingerprint density at radius 3 is 2.65 bits per heavy atom. The number of rotatable bonds is 7. The van der Waals surface area contributed by atoms with E-state index in [0.29, 0.717) is 40.4 Å². The minimum atomic E-state index is -0.112. The van der Waals surface area contributed by atoms with Crippen molar-refractivity contribution in [2.75, 3.05) is 6.54 Å². The number of carbonyl (C=O) groups excluding carboxylic acids is 1. The second-order valence-electron chi connectivity index (χ2n) is 5.98. The Labute approximate surface area is 174 Å². The molecule has 1 saturated carbocycles. The van der Waals surface area contributed by atoms with Crippen LogP contribution in [-0.4, -0.2) is 23.5 Å². The van der Waals surface area contributed by atoms with Gasteiger partial charge in [0.15, 0.2) is 0 Å². The van der Waals surface area contributed by atoms with Gasteiger partial charge in [0.2, 0.25) is 0 Å². The van der Waals surface area contributed by atoms with Crippen LogP contribution in [0.2, 0.25) is 5.02 Å². The maximum absolute atomic E-state index is 12.3. The standard InChI is InChI=1S/C17H20ClN3O2S.2ClH/c1-10-16(17(22)20-8-14(19)11-2-3-11)24-15(21-10)9-23-13-6-4-12(18)5-7-13;;/h4-7,11,14H,2-3,8-9,19H2,1H3,(H,20,22);2*1H. The number of ether oxygens (including phenoxy) is 1. The van der Waals surface area contributed by atoms with Crippen LogP contribution in [0.25, 0.3) is 0 Å². The zero-order valence-electron chi connectivity index (χ0n) is 14.2. The molecule has 3 rings (SSSR count). The average Bonchev–Trinajstić information content (AvgIpc) is 3.35. The topological polar surface area (TPSA) is 77.2 Å². The Morgan fingerprint density at radius 2 is 2.04 bits per heavy atom. The van der Waals surface area contributed by atoms with E-state index in [9.17, 15) is 4.79 Å². The predicted molar refractivity (Wildman–Crippen MR) is 110 cm³/mol. The van der Waals surface area contributed by atoms with Gasteiger partial charge in [-0.25, -0.2) is 4.98 Å². The molecule has 26 heavy (non-hydrogen) atoms. The van der Waals surface area contributed by atoms with Gasteiger partial charge in [0.1, 0.15) is 22.2 Å². The summed E-state index contributed by atoms with van der Waals surface area (Å²) in [4.78, 5) is 17.3. The van der Waals surface area contributed by atoms with Crippen LogP contribution in [0.1, 0.15) is 33.2 Å². The van der Waals surface area contributed by atoms with Gasteiger partial charge in [0.25, 0.3) is 5.91 Å². The molecule has 1 aliphatic carbocycles. The smallest absolute Gasteiger partial charge is 0.263 e. The lowest BCUT2D eigenvalue weighted by Crippen LogP contribution is -2.38. The quantitative estimate of drug-likeness (QED) is 0.685. The van der Waals surface area contributed by atoms with Crippen LogP contribution in [0.15, 0.2) is 24.3 Å². The largest absolute Gasteiger partial charge is 0.486 e. The first kappa shape index (κ1) is 23.0. The zero-order chi connectivity index (χ0) is 17.1. The number of amides is 1. The number of halogens is 3. The molecule has 3 N–H and O–H groups in total. The number of nitrogens with one attached hydrogen (secondary N) is 1. The van der Waals surface area contributed by atoms with E-state index in [1.54, 1.807) is 24.3 Å². The summed E-state index contributed by atoms with van der Waals surface area (Å²) in [6, 6.07) is 7.19. The highest BCUT2D eigenvalue weighted by molar-refractivity contribution is 7.13. The maximum Gasteiger partial charge on any atom is 0.263 e. The Morgan fingerprint density at radius 1 is 1.38 bits per heavy atom. The molecule has 0 bridgehead atoms. The van der Waals surface area contributed by atoms with E-state index in [4.69, 9.17) is 22.1 Å². The van der Waals surface area contributed by atoms with Crippen LogP contribution in [0.5, 0.6) is 5.75 Å². The predicted octanol–water partition coefficient (Wildman–Crippen LogP) is 3.99. The molecule has 0 spiro atoms. The van der Waals surface area contributed by atoms with Crippen molar-refractivity contribution in [2.45, 2.75) is 32.4 Å². The summed E-state index contributed by atoms with van der Waals surface area (Å²) >= 11 is 7.19. The molecule has 1 heterocycles. The van der Waals surface area contributed by atoms with E-state index in [1.165, 1.54) is 24.2 Å². The van der Waals surface area contributed by atoms with Crippen molar-refractivity contribution < 1.29 is 9.53 Å². The maximum atomic E-state index is 12.3. The van der Waals surface area contributed by atoms with Gasteiger partial charge < -0.3 is 15.8 Å². The third kappa shape index (κ3) is 6.28. The van der Waals surface area contributed by atoms with Gasteiger partial charge in [-0.2, -0.15) is 0 Å². The van der Waals surface area contributed by atoms with Gasteiger partial charge in [0, 0.05) is 17.6 Å². The highest BCUT2D eigenvalue weighted by atomic mass is 35.5. The molecule has 0 radical (unpaired) electrons. The van der Waals surface area contributed by atoms with Crippen molar-refractivity contribution in [1.29, 1.82) is 0 Å². The number of nitrogens with two attached hydrogens (primary N) is 1. The van der Waals surface area contributed by atoms with Crippen LogP contribution >= 0.6 is 47.8 Å². The van der Waals surface area contributed by atoms with Crippen LogP contribution in [0.4, 0.5) is 0 Å². The zero-order valence-corrected chi connectivity index (χ0v) is 17.4. The summed E-state index contributed by atoms with van der Waals surface area (Å²) in [6.07, 6.45) is 2.34.